The van der Waals surface area contributed by atoms with Crippen LogP contribution >= 0.6 is 23.1 Å². The minimum Gasteiger partial charge on any atom is -0.341 e. The highest BCUT2D eigenvalue weighted by atomic mass is 32.2. The van der Waals surface area contributed by atoms with Crippen molar-refractivity contribution in [2.45, 2.75) is 9.24 Å². The van der Waals surface area contributed by atoms with Crippen LogP contribution in [0.1, 0.15) is 10.5 Å². The smallest absolute Gasteiger partial charge is 0.169 e. The van der Waals surface area contributed by atoms with Gasteiger partial charge in [-0.15, -0.1) is 11.3 Å². The summed E-state index contributed by atoms with van der Waals surface area (Å²) in [6.45, 7) is 0. The summed E-state index contributed by atoms with van der Waals surface area (Å²) in [6.07, 6.45) is 2.34. The molecule has 0 amide bonds. The van der Waals surface area contributed by atoms with Crippen molar-refractivity contribution in [1.82, 2.24) is 9.97 Å². The average molecular weight is 260 g/mol. The number of thiophene rings is 1. The molecule has 5 heteroatoms. The van der Waals surface area contributed by atoms with E-state index in [4.69, 9.17) is 0 Å². The summed E-state index contributed by atoms with van der Waals surface area (Å²) in [7, 11) is 0. The van der Waals surface area contributed by atoms with Crippen LogP contribution in [0.5, 0.6) is 0 Å². The van der Waals surface area contributed by atoms with Gasteiger partial charge >= 0.3 is 0 Å². The van der Waals surface area contributed by atoms with Crippen LogP contribution in [-0.2, 0) is 0 Å². The van der Waals surface area contributed by atoms with Crippen molar-refractivity contribution in [3.8, 4) is 0 Å². The lowest BCUT2D eigenvalue weighted by Gasteiger charge is -1.92. The standard InChI is InChI=1S/C12H8N2OS2/c15-6-9-12(14-7-13-9)17-11-5-8-3-1-2-4-10(8)16-11/h1-7H,(H,13,14). The molecule has 0 saturated carbocycles. The maximum Gasteiger partial charge on any atom is 0.169 e. The van der Waals surface area contributed by atoms with Gasteiger partial charge in [-0.2, -0.15) is 0 Å². The molecule has 0 spiro atoms. The Morgan fingerprint density at radius 3 is 3.06 bits per heavy atom. The van der Waals surface area contributed by atoms with E-state index in [0.29, 0.717) is 5.69 Å². The highest BCUT2D eigenvalue weighted by Crippen LogP contribution is 2.36. The van der Waals surface area contributed by atoms with E-state index in [1.807, 2.05) is 12.1 Å². The van der Waals surface area contributed by atoms with Crippen molar-refractivity contribution in [2.24, 2.45) is 0 Å². The zero-order chi connectivity index (χ0) is 11.7. The van der Waals surface area contributed by atoms with Crippen molar-refractivity contribution in [2.75, 3.05) is 0 Å². The lowest BCUT2D eigenvalue weighted by Crippen LogP contribution is -1.81. The van der Waals surface area contributed by atoms with E-state index in [9.17, 15) is 4.79 Å². The molecule has 3 nitrogen and oxygen atoms in total. The molecule has 1 N–H and O–H groups in total. The number of aromatic nitrogens is 2. The minimum atomic E-state index is 0.535. The first kappa shape index (κ1) is 10.6. The Kier molecular flexibility index (Phi) is 2.70. The Morgan fingerprint density at radius 2 is 2.24 bits per heavy atom. The number of carbonyl (C=O) groups excluding carboxylic acids is 1. The number of nitrogens with one attached hydrogen (secondary N) is 1. The molecule has 0 aliphatic heterocycles. The number of imidazole rings is 1. The Bertz CT molecular complexity index is 639. The Balaban J connectivity index is 1.97. The molecule has 84 valence electrons. The van der Waals surface area contributed by atoms with Gasteiger partial charge in [0.1, 0.15) is 10.7 Å². The quantitative estimate of drug-likeness (QED) is 0.732. The third-order valence-corrected chi connectivity index (χ3v) is 4.60. The lowest BCUT2D eigenvalue weighted by atomic mass is 10.3. The number of aromatic amines is 1. The van der Waals surface area contributed by atoms with E-state index >= 15 is 0 Å². The number of H-pyrrole nitrogens is 1. The van der Waals surface area contributed by atoms with Gasteiger partial charge in [0.15, 0.2) is 6.29 Å². The molecule has 0 fully saturated rings. The zero-order valence-corrected chi connectivity index (χ0v) is 10.3. The van der Waals surface area contributed by atoms with Crippen LogP contribution in [0.3, 0.4) is 0 Å². The van der Waals surface area contributed by atoms with Gasteiger partial charge in [-0.3, -0.25) is 4.79 Å². The fourth-order valence-corrected chi connectivity index (χ4v) is 3.73. The first-order valence-corrected chi connectivity index (χ1v) is 6.65. The second kappa shape index (κ2) is 4.35. The number of fused-ring (bicyclic) bond motifs is 1. The molecule has 0 aliphatic rings. The monoisotopic (exact) mass is 260 g/mol. The van der Waals surface area contributed by atoms with E-state index in [1.54, 1.807) is 17.7 Å². The van der Waals surface area contributed by atoms with Gasteiger partial charge in [0.2, 0.25) is 0 Å². The number of aldehydes is 1. The molecule has 3 aromatic rings. The van der Waals surface area contributed by atoms with Crippen molar-refractivity contribution < 1.29 is 4.79 Å². The Morgan fingerprint density at radius 1 is 1.35 bits per heavy atom. The predicted octanol–water partition coefficient (Wildman–Crippen LogP) is 3.59. The van der Waals surface area contributed by atoms with Gasteiger partial charge in [-0.25, -0.2) is 4.98 Å². The summed E-state index contributed by atoms with van der Waals surface area (Å²) in [5.41, 5.74) is 0.535. The van der Waals surface area contributed by atoms with Crippen molar-refractivity contribution in [3.05, 3.63) is 42.4 Å². The van der Waals surface area contributed by atoms with Gasteiger partial charge in [0, 0.05) is 4.70 Å². The molecule has 0 aliphatic carbocycles. The molecular formula is C12H8N2OS2. The minimum absolute atomic E-state index is 0.535. The highest BCUT2D eigenvalue weighted by Gasteiger charge is 2.09. The molecule has 0 radical (unpaired) electrons. The Hall–Kier alpha value is -1.59. The number of hydrogen-bond acceptors (Lipinski definition) is 4. The maximum absolute atomic E-state index is 10.8. The topological polar surface area (TPSA) is 45.8 Å². The largest absolute Gasteiger partial charge is 0.341 e. The molecule has 0 atom stereocenters. The maximum atomic E-state index is 10.8. The summed E-state index contributed by atoms with van der Waals surface area (Å²) in [6, 6.07) is 10.3. The lowest BCUT2D eigenvalue weighted by molar-refractivity contribution is 0.111. The third-order valence-electron chi connectivity index (χ3n) is 2.35. The second-order valence-electron chi connectivity index (χ2n) is 3.44. The SMILES string of the molecule is O=Cc1[nH]cnc1Sc1cc2ccccc2s1. The molecule has 0 unspecified atom stereocenters. The van der Waals surface area contributed by atoms with Crippen molar-refractivity contribution in [1.29, 1.82) is 0 Å². The first-order valence-electron chi connectivity index (χ1n) is 5.02. The highest BCUT2D eigenvalue weighted by molar-refractivity contribution is 8.01. The Labute approximate surface area is 106 Å². The fraction of sp³-hybridized carbons (Fsp3) is 0. The van der Waals surface area contributed by atoms with Gasteiger partial charge in [0.05, 0.1) is 10.5 Å². The van der Waals surface area contributed by atoms with Crippen LogP contribution in [0.15, 0.2) is 45.9 Å². The van der Waals surface area contributed by atoms with Crippen LogP contribution in [0, 0.1) is 0 Å². The molecule has 2 aromatic heterocycles. The van der Waals surface area contributed by atoms with Crippen molar-refractivity contribution in [3.63, 3.8) is 0 Å². The molecule has 1 aromatic carbocycles. The van der Waals surface area contributed by atoms with Crippen LogP contribution in [0.25, 0.3) is 10.1 Å². The fourth-order valence-electron chi connectivity index (χ4n) is 1.56. The van der Waals surface area contributed by atoms with E-state index in [0.717, 1.165) is 15.5 Å². The summed E-state index contributed by atoms with van der Waals surface area (Å²) in [5, 5.41) is 1.95. The van der Waals surface area contributed by atoms with Gasteiger partial charge in [-0.05, 0) is 17.5 Å². The van der Waals surface area contributed by atoms with Crippen LogP contribution in [0.4, 0.5) is 0 Å². The summed E-state index contributed by atoms with van der Waals surface area (Å²) in [5.74, 6) is 0. The van der Waals surface area contributed by atoms with Crippen molar-refractivity contribution >= 4 is 39.5 Å². The van der Waals surface area contributed by atoms with Gasteiger partial charge < -0.3 is 4.98 Å². The summed E-state index contributed by atoms with van der Waals surface area (Å²) < 4.78 is 2.39. The van der Waals surface area contributed by atoms with E-state index < -0.39 is 0 Å². The third kappa shape index (κ3) is 1.99. The van der Waals surface area contributed by atoms with E-state index in [2.05, 4.69) is 28.2 Å². The molecule has 0 saturated heterocycles. The molecule has 2 heterocycles. The molecular weight excluding hydrogens is 252 g/mol. The molecule has 3 rings (SSSR count). The van der Waals surface area contributed by atoms with E-state index in [-0.39, 0.29) is 0 Å². The van der Waals surface area contributed by atoms with Crippen LogP contribution in [-0.4, -0.2) is 16.3 Å². The average Bonchev–Trinajstić information content (AvgIpc) is 2.94. The van der Waals surface area contributed by atoms with Crippen LogP contribution < -0.4 is 0 Å². The summed E-state index contributed by atoms with van der Waals surface area (Å²) >= 11 is 3.22. The number of nitrogens with zero attached hydrogens (tertiary/aromatic N) is 1. The normalized spacial score (nSPS) is 10.8. The van der Waals surface area contributed by atoms with Gasteiger partial charge in [-0.1, -0.05) is 30.0 Å². The van der Waals surface area contributed by atoms with E-state index in [1.165, 1.54) is 21.8 Å². The number of carbonyl (C=O) groups is 1. The zero-order valence-electron chi connectivity index (χ0n) is 8.71. The van der Waals surface area contributed by atoms with Crippen LogP contribution in [0.2, 0.25) is 0 Å². The molecule has 17 heavy (non-hydrogen) atoms. The number of hydrogen-bond donors (Lipinski definition) is 1. The second-order valence-corrected chi connectivity index (χ2v) is 5.82. The number of benzene rings is 1. The predicted molar refractivity (Wildman–Crippen MR) is 69.9 cm³/mol. The number of rotatable bonds is 3. The molecule has 0 bridgehead atoms. The van der Waals surface area contributed by atoms with Gasteiger partial charge in [0.25, 0.3) is 0 Å². The first-order chi connectivity index (χ1) is 8.36. The summed E-state index contributed by atoms with van der Waals surface area (Å²) in [4.78, 5) is 17.7.